The molecule has 0 fully saturated rings. The zero-order valence-electron chi connectivity index (χ0n) is 15.9. The van der Waals surface area contributed by atoms with Gasteiger partial charge >= 0.3 is 6.03 Å². The molecule has 0 aliphatic heterocycles. The number of alkyl halides is 1. The number of anilines is 2. The van der Waals surface area contributed by atoms with Crippen molar-refractivity contribution in [3.63, 3.8) is 0 Å². The number of aromatic nitrogens is 3. The number of sulfonamides is 2. The number of urea groups is 1. The number of methoxy groups -OCH3 is 2. The molecule has 2 amide bonds. The quantitative estimate of drug-likeness (QED) is 0.546. The number of ether oxygens (including phenoxy) is 2. The molecule has 0 aromatic carbocycles. The standard InChI is InChI=1S/C14H17FN6O7S2/c1-21(29(23,24)8-15)9-5-4-6-16-12(9)30(25,26)20-14(22)19-13-17-10(27-2)7-11(18-13)28-3/h4-7H,8H2,1-3H3,(H2,17,18,19,20,22). The molecule has 0 saturated heterocycles. The highest BCUT2D eigenvalue weighted by Crippen LogP contribution is 2.24. The Kier molecular flexibility index (Phi) is 6.93. The first-order chi connectivity index (χ1) is 14.0. The van der Waals surface area contributed by atoms with Gasteiger partial charge in [0.2, 0.25) is 28.7 Å². The SMILES string of the molecule is COc1cc(OC)nc(NC(=O)NS(=O)(=O)c2ncccc2N(C)S(=O)(=O)CF)n1. The van der Waals surface area contributed by atoms with Crippen molar-refractivity contribution in [2.24, 2.45) is 0 Å². The van der Waals surface area contributed by atoms with E-state index >= 15 is 0 Å². The second-order valence-corrected chi connectivity index (χ2v) is 8.88. The Bertz CT molecular complexity index is 1120. The number of amides is 2. The molecule has 2 N–H and O–H groups in total. The second kappa shape index (κ2) is 9.04. The van der Waals surface area contributed by atoms with Crippen LogP contribution < -0.4 is 23.8 Å². The third kappa shape index (κ3) is 5.20. The normalized spacial score (nSPS) is 11.5. The van der Waals surface area contributed by atoms with E-state index < -0.39 is 42.8 Å². The lowest BCUT2D eigenvalue weighted by Crippen LogP contribution is -2.37. The Hall–Kier alpha value is -3.27. The van der Waals surface area contributed by atoms with Crippen LogP contribution in [0.3, 0.4) is 0 Å². The van der Waals surface area contributed by atoms with Crippen molar-refractivity contribution >= 4 is 37.7 Å². The fourth-order valence-corrected chi connectivity index (χ4v) is 3.74. The monoisotopic (exact) mass is 464 g/mol. The average molecular weight is 464 g/mol. The van der Waals surface area contributed by atoms with E-state index in [0.29, 0.717) is 4.31 Å². The molecule has 0 spiro atoms. The van der Waals surface area contributed by atoms with Crippen molar-refractivity contribution < 1.29 is 35.5 Å². The van der Waals surface area contributed by atoms with Crippen LogP contribution in [0.4, 0.5) is 20.8 Å². The number of nitrogens with zero attached hydrogens (tertiary/aromatic N) is 4. The van der Waals surface area contributed by atoms with Gasteiger partial charge in [-0.25, -0.2) is 27.3 Å². The Morgan fingerprint density at radius 3 is 2.30 bits per heavy atom. The Morgan fingerprint density at radius 1 is 1.17 bits per heavy atom. The maximum Gasteiger partial charge on any atom is 0.335 e. The van der Waals surface area contributed by atoms with Gasteiger partial charge in [-0.15, -0.1) is 0 Å². The Morgan fingerprint density at radius 2 is 1.77 bits per heavy atom. The van der Waals surface area contributed by atoms with Crippen molar-refractivity contribution in [1.82, 2.24) is 19.7 Å². The predicted molar refractivity (Wildman–Crippen MR) is 102 cm³/mol. The molecule has 16 heteroatoms. The summed E-state index contributed by atoms with van der Waals surface area (Å²) in [5.74, 6) is -0.271. The molecule has 0 bridgehead atoms. The maximum absolute atomic E-state index is 12.8. The van der Waals surface area contributed by atoms with E-state index in [2.05, 4.69) is 20.3 Å². The highest BCUT2D eigenvalue weighted by Gasteiger charge is 2.29. The summed E-state index contributed by atoms with van der Waals surface area (Å²) in [6.07, 6.45) is 1.06. The molecule has 0 unspecified atom stereocenters. The first-order valence-electron chi connectivity index (χ1n) is 7.82. The van der Waals surface area contributed by atoms with E-state index in [4.69, 9.17) is 9.47 Å². The lowest BCUT2D eigenvalue weighted by atomic mass is 10.4. The van der Waals surface area contributed by atoms with Crippen LogP contribution in [0.5, 0.6) is 11.8 Å². The van der Waals surface area contributed by atoms with E-state index in [9.17, 15) is 26.0 Å². The molecule has 0 saturated carbocycles. The summed E-state index contributed by atoms with van der Waals surface area (Å²) >= 11 is 0. The van der Waals surface area contributed by atoms with Crippen LogP contribution >= 0.6 is 0 Å². The predicted octanol–water partition coefficient (Wildman–Crippen LogP) is 0.0922. The van der Waals surface area contributed by atoms with Gasteiger partial charge in [-0.1, -0.05) is 0 Å². The number of hydrogen-bond acceptors (Lipinski definition) is 10. The summed E-state index contributed by atoms with van der Waals surface area (Å²) in [5.41, 5.74) is -0.463. The van der Waals surface area contributed by atoms with Crippen LogP contribution in [-0.2, 0) is 20.0 Å². The van der Waals surface area contributed by atoms with Crippen LogP contribution in [0.2, 0.25) is 0 Å². The fraction of sp³-hybridized carbons (Fsp3) is 0.286. The minimum atomic E-state index is -4.67. The van der Waals surface area contributed by atoms with Gasteiger partial charge in [-0.2, -0.15) is 18.4 Å². The number of nitrogens with one attached hydrogen (secondary N) is 2. The maximum atomic E-state index is 12.8. The Balaban J connectivity index is 2.31. The van der Waals surface area contributed by atoms with Crippen molar-refractivity contribution in [1.29, 1.82) is 0 Å². The summed E-state index contributed by atoms with van der Waals surface area (Å²) in [7, 11) is -5.56. The van der Waals surface area contributed by atoms with E-state index in [1.54, 1.807) is 4.72 Å². The zero-order valence-corrected chi connectivity index (χ0v) is 17.5. The van der Waals surface area contributed by atoms with Crippen LogP contribution in [0.25, 0.3) is 0 Å². The lowest BCUT2D eigenvalue weighted by molar-refractivity contribution is 0.256. The first-order valence-corrected chi connectivity index (χ1v) is 10.9. The topological polar surface area (TPSA) is 170 Å². The minimum absolute atomic E-state index is 0.0325. The molecule has 0 aliphatic rings. The van der Waals surface area contributed by atoms with Gasteiger partial charge in [-0.3, -0.25) is 9.62 Å². The van der Waals surface area contributed by atoms with Gasteiger partial charge in [-0.05, 0) is 12.1 Å². The number of hydrogen-bond donors (Lipinski definition) is 2. The van der Waals surface area contributed by atoms with Gasteiger partial charge in [0, 0.05) is 13.2 Å². The van der Waals surface area contributed by atoms with E-state index in [1.165, 1.54) is 26.4 Å². The molecule has 2 aromatic heterocycles. The van der Waals surface area contributed by atoms with Gasteiger partial charge in [0.25, 0.3) is 20.0 Å². The smallest absolute Gasteiger partial charge is 0.335 e. The Labute approximate surface area is 171 Å². The van der Waals surface area contributed by atoms with Crippen LogP contribution in [0.15, 0.2) is 29.4 Å². The lowest BCUT2D eigenvalue weighted by Gasteiger charge is -2.19. The van der Waals surface area contributed by atoms with E-state index in [1.807, 2.05) is 0 Å². The van der Waals surface area contributed by atoms with Gasteiger partial charge < -0.3 is 9.47 Å². The molecular formula is C14H17FN6O7S2. The summed E-state index contributed by atoms with van der Waals surface area (Å²) in [4.78, 5) is 23.4. The number of carbonyl (C=O) groups excluding carboxylic acids is 1. The number of rotatable bonds is 8. The molecule has 30 heavy (non-hydrogen) atoms. The highest BCUT2D eigenvalue weighted by atomic mass is 32.2. The molecule has 164 valence electrons. The van der Waals surface area contributed by atoms with Crippen molar-refractivity contribution in [3.05, 3.63) is 24.4 Å². The van der Waals surface area contributed by atoms with E-state index in [-0.39, 0.29) is 17.7 Å². The molecule has 2 heterocycles. The average Bonchev–Trinajstić information content (AvgIpc) is 2.72. The molecule has 2 aromatic rings. The third-order valence-corrected chi connectivity index (χ3v) is 6.03. The molecular weight excluding hydrogens is 447 g/mol. The molecule has 0 radical (unpaired) electrons. The highest BCUT2D eigenvalue weighted by molar-refractivity contribution is 7.93. The van der Waals surface area contributed by atoms with Crippen LogP contribution in [-0.4, -0.2) is 65.1 Å². The summed E-state index contributed by atoms with van der Waals surface area (Å²) in [6.45, 7) is 0. The van der Waals surface area contributed by atoms with E-state index in [0.717, 1.165) is 19.3 Å². The number of halogens is 1. The molecule has 0 aliphatic carbocycles. The van der Waals surface area contributed by atoms with Crippen molar-refractivity contribution in [3.8, 4) is 11.8 Å². The first kappa shape index (κ1) is 23.0. The summed E-state index contributed by atoms with van der Waals surface area (Å²) in [5, 5.41) is 1.26. The largest absolute Gasteiger partial charge is 0.481 e. The minimum Gasteiger partial charge on any atom is -0.481 e. The van der Waals surface area contributed by atoms with Crippen molar-refractivity contribution in [2.75, 3.05) is 36.9 Å². The fourth-order valence-electron chi connectivity index (χ4n) is 2.02. The molecule has 0 atom stereocenters. The van der Waals surface area contributed by atoms with Crippen molar-refractivity contribution in [2.45, 2.75) is 5.03 Å². The zero-order chi connectivity index (χ0) is 22.5. The third-order valence-electron chi connectivity index (χ3n) is 3.45. The van der Waals surface area contributed by atoms with Gasteiger partial charge in [0.05, 0.1) is 26.0 Å². The number of pyridine rings is 1. The second-order valence-electron chi connectivity index (χ2n) is 5.35. The molecule has 13 nitrogen and oxygen atoms in total. The summed E-state index contributed by atoms with van der Waals surface area (Å²) < 4.78 is 73.3. The van der Waals surface area contributed by atoms with Gasteiger partial charge in [0.1, 0.15) is 0 Å². The van der Waals surface area contributed by atoms with Gasteiger partial charge in [0.15, 0.2) is 0 Å². The molecule has 2 rings (SSSR count). The summed E-state index contributed by atoms with van der Waals surface area (Å²) in [6, 6.07) is 0.609. The number of carbonyl (C=O) groups is 1. The van der Waals surface area contributed by atoms with Crippen LogP contribution in [0.1, 0.15) is 0 Å². The van der Waals surface area contributed by atoms with Crippen LogP contribution in [0, 0.1) is 0 Å².